The van der Waals surface area contributed by atoms with Gasteiger partial charge >= 0.3 is 0 Å². The maximum Gasteiger partial charge on any atom is 0.1000 e. The Hall–Kier alpha value is -1.19. The average molecular weight is 292 g/mol. The Morgan fingerprint density at radius 2 is 2.12 bits per heavy atom. The van der Waals surface area contributed by atoms with Gasteiger partial charge in [-0.3, -0.25) is 4.98 Å². The highest BCUT2D eigenvalue weighted by Gasteiger charge is 2.10. The van der Waals surface area contributed by atoms with Gasteiger partial charge in [0, 0.05) is 17.1 Å². The molecule has 0 amide bonds. The van der Waals surface area contributed by atoms with Crippen LogP contribution in [0, 0.1) is 6.92 Å². The fraction of sp³-hybridized carbons (Fsp3) is 0.214. The number of rotatable bonds is 3. The minimum absolute atomic E-state index is 0.552. The molecule has 1 atom stereocenters. The van der Waals surface area contributed by atoms with Crippen LogP contribution in [-0.2, 0) is 6.42 Å². The van der Waals surface area contributed by atoms with Crippen molar-refractivity contribution in [2.24, 2.45) is 0 Å². The summed E-state index contributed by atoms with van der Waals surface area (Å²) in [6.45, 7) is 2.00. The van der Waals surface area contributed by atoms with Gasteiger partial charge in [-0.1, -0.05) is 28.1 Å². The van der Waals surface area contributed by atoms with Crippen LogP contribution in [0.25, 0.3) is 0 Å². The first-order chi connectivity index (χ1) is 8.15. The van der Waals surface area contributed by atoms with Crippen LogP contribution in [0.2, 0.25) is 0 Å². The van der Waals surface area contributed by atoms with Crippen LogP contribution in [0.4, 0.5) is 0 Å². The molecule has 2 rings (SSSR count). The maximum absolute atomic E-state index is 10.1. The summed E-state index contributed by atoms with van der Waals surface area (Å²) in [4.78, 5) is 4.20. The molecule has 0 saturated carbocycles. The molecule has 1 N–H and O–H groups in total. The van der Waals surface area contributed by atoms with Gasteiger partial charge in [-0.25, -0.2) is 0 Å². The monoisotopic (exact) mass is 291 g/mol. The molecule has 0 bridgehead atoms. The van der Waals surface area contributed by atoms with Crippen LogP contribution in [0.3, 0.4) is 0 Å². The lowest BCUT2D eigenvalue weighted by Gasteiger charge is -2.10. The molecule has 0 aliphatic rings. The zero-order valence-electron chi connectivity index (χ0n) is 9.60. The number of pyridine rings is 1. The van der Waals surface area contributed by atoms with E-state index in [9.17, 15) is 5.11 Å². The predicted molar refractivity (Wildman–Crippen MR) is 71.8 cm³/mol. The molecule has 1 aromatic heterocycles. The quantitative estimate of drug-likeness (QED) is 0.940. The number of aliphatic hydroxyl groups excluding tert-OH is 1. The van der Waals surface area contributed by atoms with Crippen molar-refractivity contribution < 1.29 is 5.11 Å². The van der Waals surface area contributed by atoms with Gasteiger partial charge in [0.1, 0.15) is 0 Å². The Kier molecular flexibility index (Phi) is 3.92. The van der Waals surface area contributed by atoms with Crippen LogP contribution < -0.4 is 0 Å². The second-order valence-corrected chi connectivity index (χ2v) is 5.02. The highest BCUT2D eigenvalue weighted by atomic mass is 79.9. The Morgan fingerprint density at radius 1 is 1.29 bits per heavy atom. The van der Waals surface area contributed by atoms with Crippen molar-refractivity contribution >= 4 is 15.9 Å². The second kappa shape index (κ2) is 5.43. The first-order valence-electron chi connectivity index (χ1n) is 5.50. The lowest BCUT2D eigenvalue weighted by atomic mass is 10.0. The number of hydrogen-bond acceptors (Lipinski definition) is 2. The molecule has 2 nitrogen and oxygen atoms in total. The molecule has 1 unspecified atom stereocenters. The average Bonchev–Trinajstić information content (AvgIpc) is 2.29. The number of benzene rings is 1. The van der Waals surface area contributed by atoms with E-state index in [0.717, 1.165) is 21.3 Å². The largest absolute Gasteiger partial charge is 0.386 e. The van der Waals surface area contributed by atoms with E-state index in [2.05, 4.69) is 20.9 Å². The normalized spacial score (nSPS) is 12.4. The van der Waals surface area contributed by atoms with E-state index in [4.69, 9.17) is 0 Å². The lowest BCUT2D eigenvalue weighted by molar-refractivity contribution is 0.173. The Morgan fingerprint density at radius 3 is 2.82 bits per heavy atom. The number of nitrogens with zero attached hydrogens (tertiary/aromatic N) is 1. The zero-order chi connectivity index (χ0) is 12.3. The van der Waals surface area contributed by atoms with Gasteiger partial charge in [-0.2, -0.15) is 0 Å². The van der Waals surface area contributed by atoms with Gasteiger partial charge < -0.3 is 5.11 Å². The highest BCUT2D eigenvalue weighted by molar-refractivity contribution is 9.10. The molecule has 0 spiro atoms. The fourth-order valence-electron chi connectivity index (χ4n) is 1.73. The van der Waals surface area contributed by atoms with Crippen LogP contribution in [0.15, 0.2) is 47.1 Å². The standard InChI is InChI=1S/C14H14BrNO/c1-10-5-6-16-13(7-10)14(17)9-11-3-2-4-12(15)8-11/h2-8,14,17H,9H2,1H3. The van der Waals surface area contributed by atoms with Gasteiger partial charge in [0.05, 0.1) is 11.8 Å². The topological polar surface area (TPSA) is 33.1 Å². The Labute approximate surface area is 109 Å². The summed E-state index contributed by atoms with van der Waals surface area (Å²) in [5.74, 6) is 0. The molecule has 0 radical (unpaired) electrons. The van der Waals surface area contributed by atoms with E-state index in [0.29, 0.717) is 6.42 Å². The minimum Gasteiger partial charge on any atom is -0.386 e. The molecular weight excluding hydrogens is 278 g/mol. The minimum atomic E-state index is -0.552. The molecule has 17 heavy (non-hydrogen) atoms. The summed E-state index contributed by atoms with van der Waals surface area (Å²) in [6.07, 6.45) is 1.76. The molecule has 88 valence electrons. The predicted octanol–water partition coefficient (Wildman–Crippen LogP) is 3.43. The third kappa shape index (κ3) is 3.38. The Balaban J connectivity index is 2.14. The molecule has 0 fully saturated rings. The molecule has 0 aliphatic heterocycles. The van der Waals surface area contributed by atoms with Gasteiger partial charge in [0.15, 0.2) is 0 Å². The maximum atomic E-state index is 10.1. The molecule has 1 heterocycles. The molecule has 3 heteroatoms. The van der Waals surface area contributed by atoms with Crippen molar-refractivity contribution in [1.29, 1.82) is 0 Å². The third-order valence-electron chi connectivity index (χ3n) is 2.60. The fourth-order valence-corrected chi connectivity index (χ4v) is 2.18. The van der Waals surface area contributed by atoms with Crippen molar-refractivity contribution in [2.75, 3.05) is 0 Å². The number of aliphatic hydroxyl groups is 1. The van der Waals surface area contributed by atoms with Crippen LogP contribution >= 0.6 is 15.9 Å². The Bertz CT molecular complexity index is 513. The smallest absolute Gasteiger partial charge is 0.1000 e. The number of aromatic nitrogens is 1. The van der Waals surface area contributed by atoms with E-state index >= 15 is 0 Å². The number of aryl methyl sites for hydroxylation is 1. The van der Waals surface area contributed by atoms with Crippen molar-refractivity contribution in [2.45, 2.75) is 19.4 Å². The van der Waals surface area contributed by atoms with Crippen molar-refractivity contribution in [3.8, 4) is 0 Å². The SMILES string of the molecule is Cc1ccnc(C(O)Cc2cccc(Br)c2)c1. The number of hydrogen-bond donors (Lipinski definition) is 1. The van der Waals surface area contributed by atoms with Gasteiger partial charge in [0.25, 0.3) is 0 Å². The second-order valence-electron chi connectivity index (χ2n) is 4.11. The van der Waals surface area contributed by atoms with Crippen molar-refractivity contribution in [3.05, 3.63) is 63.9 Å². The summed E-state index contributed by atoms with van der Waals surface area (Å²) in [5.41, 5.74) is 2.93. The van der Waals surface area contributed by atoms with Crippen LogP contribution in [-0.4, -0.2) is 10.1 Å². The van der Waals surface area contributed by atoms with E-state index in [1.54, 1.807) is 6.20 Å². The molecule has 2 aromatic rings. The number of halogens is 1. The summed E-state index contributed by atoms with van der Waals surface area (Å²) in [7, 11) is 0. The van der Waals surface area contributed by atoms with E-state index < -0.39 is 6.10 Å². The van der Waals surface area contributed by atoms with E-state index in [1.807, 2.05) is 43.3 Å². The molecule has 0 saturated heterocycles. The molecule has 0 aliphatic carbocycles. The summed E-state index contributed by atoms with van der Waals surface area (Å²) < 4.78 is 1.03. The summed E-state index contributed by atoms with van der Waals surface area (Å²) >= 11 is 3.42. The molecular formula is C14H14BrNO. The lowest BCUT2D eigenvalue weighted by Crippen LogP contribution is -2.04. The van der Waals surface area contributed by atoms with Gasteiger partial charge in [-0.15, -0.1) is 0 Å². The van der Waals surface area contributed by atoms with Crippen LogP contribution in [0.1, 0.15) is 22.9 Å². The van der Waals surface area contributed by atoms with E-state index in [-0.39, 0.29) is 0 Å². The third-order valence-corrected chi connectivity index (χ3v) is 3.09. The first kappa shape index (κ1) is 12.3. The first-order valence-corrected chi connectivity index (χ1v) is 6.29. The highest BCUT2D eigenvalue weighted by Crippen LogP contribution is 2.19. The van der Waals surface area contributed by atoms with Gasteiger partial charge in [-0.05, 0) is 42.3 Å². The van der Waals surface area contributed by atoms with E-state index in [1.165, 1.54) is 0 Å². The van der Waals surface area contributed by atoms with Gasteiger partial charge in [0.2, 0.25) is 0 Å². The van der Waals surface area contributed by atoms with Crippen molar-refractivity contribution in [1.82, 2.24) is 4.98 Å². The summed E-state index contributed by atoms with van der Waals surface area (Å²) in [5, 5.41) is 10.1. The summed E-state index contributed by atoms with van der Waals surface area (Å²) in [6, 6.07) is 11.8. The zero-order valence-corrected chi connectivity index (χ0v) is 11.2. The van der Waals surface area contributed by atoms with Crippen LogP contribution in [0.5, 0.6) is 0 Å². The molecule has 1 aromatic carbocycles. The van der Waals surface area contributed by atoms with Crippen molar-refractivity contribution in [3.63, 3.8) is 0 Å².